The first kappa shape index (κ1) is 23.4. The fraction of sp³-hybridized carbons (Fsp3) is 0.417. The van der Waals surface area contributed by atoms with Crippen LogP contribution < -0.4 is 4.72 Å². The van der Waals surface area contributed by atoms with Gasteiger partial charge in [-0.1, -0.05) is 12.1 Å². The molecular weight excluding hydrogens is 440 g/mol. The molecule has 1 atom stereocenters. The average Bonchev–Trinajstić information content (AvgIpc) is 3.37. The van der Waals surface area contributed by atoms with Crippen molar-refractivity contribution in [1.82, 2.24) is 14.5 Å². The molecule has 0 aliphatic carbocycles. The highest BCUT2D eigenvalue weighted by Gasteiger charge is 2.24. The molecule has 1 N–H and O–H groups in total. The lowest BCUT2D eigenvalue weighted by Crippen LogP contribution is -2.48. The van der Waals surface area contributed by atoms with Crippen molar-refractivity contribution in [2.24, 2.45) is 0 Å². The van der Waals surface area contributed by atoms with Gasteiger partial charge in [-0.25, -0.2) is 13.1 Å². The van der Waals surface area contributed by atoms with Crippen molar-refractivity contribution in [3.05, 3.63) is 65.2 Å². The Bertz CT molecular complexity index is 1100. The van der Waals surface area contributed by atoms with Gasteiger partial charge in [-0.15, -0.1) is 0 Å². The average molecular weight is 469 g/mol. The molecule has 0 unspecified atom stereocenters. The predicted molar refractivity (Wildman–Crippen MR) is 123 cm³/mol. The van der Waals surface area contributed by atoms with Gasteiger partial charge >= 0.3 is 0 Å². The van der Waals surface area contributed by atoms with E-state index in [1.807, 2.05) is 24.3 Å². The van der Waals surface area contributed by atoms with E-state index in [1.54, 1.807) is 17.0 Å². The number of hydrogen-bond acceptors (Lipinski definition) is 6. The van der Waals surface area contributed by atoms with Crippen LogP contribution in [0.5, 0.6) is 0 Å². The van der Waals surface area contributed by atoms with E-state index in [-0.39, 0.29) is 23.5 Å². The van der Waals surface area contributed by atoms with Crippen LogP contribution >= 0.6 is 0 Å². The molecule has 2 aliphatic heterocycles. The Hall–Kier alpha value is -2.77. The summed E-state index contributed by atoms with van der Waals surface area (Å²) >= 11 is 0. The summed E-state index contributed by atoms with van der Waals surface area (Å²) in [6, 6.07) is 15.8. The van der Waals surface area contributed by atoms with Gasteiger partial charge in [0, 0.05) is 51.4 Å². The van der Waals surface area contributed by atoms with Crippen LogP contribution in [-0.4, -0.2) is 69.6 Å². The predicted octanol–water partition coefficient (Wildman–Crippen LogP) is 1.97. The topological polar surface area (TPSA) is 103 Å². The fourth-order valence-electron chi connectivity index (χ4n) is 4.10. The number of nitrogens with zero attached hydrogens (tertiary/aromatic N) is 3. The first-order valence-electron chi connectivity index (χ1n) is 11.2. The molecule has 174 valence electrons. The summed E-state index contributed by atoms with van der Waals surface area (Å²) in [6.07, 6.45) is 1.74. The molecule has 0 aromatic heterocycles. The molecule has 33 heavy (non-hydrogen) atoms. The van der Waals surface area contributed by atoms with E-state index in [4.69, 9.17) is 10.00 Å². The number of carbonyl (C=O) groups is 1. The van der Waals surface area contributed by atoms with E-state index in [9.17, 15) is 13.2 Å². The minimum atomic E-state index is -3.64. The van der Waals surface area contributed by atoms with Crippen molar-refractivity contribution in [3.8, 4) is 6.07 Å². The standard InChI is InChI=1S/C24H28N4O4S/c25-16-19-3-5-20(6-4-19)18-27-11-13-28(14-12-27)24(29)21-7-9-23(10-8-21)33(30,31)26-17-22-2-1-15-32-22/h3-10,22,26H,1-2,11-15,17-18H2/t22-/m0/s1. The number of amides is 1. The van der Waals surface area contributed by atoms with Crippen molar-refractivity contribution < 1.29 is 17.9 Å². The molecule has 0 spiro atoms. The highest BCUT2D eigenvalue weighted by atomic mass is 32.2. The van der Waals surface area contributed by atoms with E-state index >= 15 is 0 Å². The molecule has 2 heterocycles. The number of sulfonamides is 1. The fourth-order valence-corrected chi connectivity index (χ4v) is 5.17. The molecule has 2 aromatic carbocycles. The summed E-state index contributed by atoms with van der Waals surface area (Å²) in [5, 5.41) is 8.91. The highest BCUT2D eigenvalue weighted by Crippen LogP contribution is 2.16. The number of nitrogens with one attached hydrogen (secondary N) is 1. The number of ether oxygens (including phenoxy) is 1. The van der Waals surface area contributed by atoms with E-state index < -0.39 is 10.0 Å². The zero-order valence-electron chi connectivity index (χ0n) is 18.4. The van der Waals surface area contributed by atoms with Crippen LogP contribution in [0.2, 0.25) is 0 Å². The molecule has 0 radical (unpaired) electrons. The van der Waals surface area contributed by atoms with Crippen molar-refractivity contribution >= 4 is 15.9 Å². The first-order valence-corrected chi connectivity index (χ1v) is 12.6. The number of piperazine rings is 1. The Labute approximate surface area is 194 Å². The van der Waals surface area contributed by atoms with Gasteiger partial charge in [0.1, 0.15) is 0 Å². The summed E-state index contributed by atoms with van der Waals surface area (Å²) in [4.78, 5) is 17.1. The lowest BCUT2D eigenvalue weighted by molar-refractivity contribution is 0.0628. The number of benzene rings is 2. The molecule has 0 saturated carbocycles. The molecule has 9 heteroatoms. The first-order chi connectivity index (χ1) is 15.9. The third-order valence-corrected chi connectivity index (χ3v) is 7.52. The summed E-state index contributed by atoms with van der Waals surface area (Å²) in [5.41, 5.74) is 2.26. The molecule has 1 amide bonds. The number of carbonyl (C=O) groups excluding carboxylic acids is 1. The minimum Gasteiger partial charge on any atom is -0.377 e. The molecular formula is C24H28N4O4S. The lowest BCUT2D eigenvalue weighted by Gasteiger charge is -2.34. The Morgan fingerprint density at radius 2 is 1.76 bits per heavy atom. The van der Waals surface area contributed by atoms with Crippen LogP contribution in [0, 0.1) is 11.3 Å². The van der Waals surface area contributed by atoms with E-state index in [1.165, 1.54) is 12.1 Å². The van der Waals surface area contributed by atoms with Crippen LogP contribution in [0.25, 0.3) is 0 Å². The van der Waals surface area contributed by atoms with E-state index in [0.717, 1.165) is 38.0 Å². The van der Waals surface area contributed by atoms with Gasteiger partial charge in [-0.05, 0) is 54.8 Å². The van der Waals surface area contributed by atoms with Crippen LogP contribution in [0.1, 0.15) is 34.3 Å². The molecule has 2 aliphatic rings. The van der Waals surface area contributed by atoms with Gasteiger partial charge in [0.25, 0.3) is 5.91 Å². The van der Waals surface area contributed by atoms with Crippen LogP contribution in [0.3, 0.4) is 0 Å². The van der Waals surface area contributed by atoms with Crippen molar-refractivity contribution in [2.45, 2.75) is 30.4 Å². The monoisotopic (exact) mass is 468 g/mol. The maximum Gasteiger partial charge on any atom is 0.253 e. The third kappa shape index (κ3) is 5.97. The van der Waals surface area contributed by atoms with Crippen molar-refractivity contribution in [2.75, 3.05) is 39.3 Å². The lowest BCUT2D eigenvalue weighted by atomic mass is 10.1. The maximum absolute atomic E-state index is 12.9. The Morgan fingerprint density at radius 3 is 2.36 bits per heavy atom. The molecule has 4 rings (SSSR count). The van der Waals surface area contributed by atoms with Gasteiger partial charge in [-0.2, -0.15) is 5.26 Å². The summed E-state index contributed by atoms with van der Waals surface area (Å²) in [5.74, 6) is -0.0933. The largest absolute Gasteiger partial charge is 0.377 e. The number of rotatable bonds is 7. The van der Waals surface area contributed by atoms with Gasteiger partial charge in [0.05, 0.1) is 22.6 Å². The SMILES string of the molecule is N#Cc1ccc(CN2CCN(C(=O)c3ccc(S(=O)(=O)NC[C@@H]4CCCO4)cc3)CC2)cc1. The number of hydrogen-bond donors (Lipinski definition) is 1. The van der Waals surface area contributed by atoms with Gasteiger partial charge in [0.15, 0.2) is 0 Å². The minimum absolute atomic E-state index is 0.0730. The van der Waals surface area contributed by atoms with Gasteiger partial charge < -0.3 is 9.64 Å². The highest BCUT2D eigenvalue weighted by molar-refractivity contribution is 7.89. The van der Waals surface area contributed by atoms with Crippen molar-refractivity contribution in [1.29, 1.82) is 5.26 Å². The molecule has 2 saturated heterocycles. The van der Waals surface area contributed by atoms with Gasteiger partial charge in [0.2, 0.25) is 10.0 Å². The third-order valence-electron chi connectivity index (χ3n) is 6.09. The Balaban J connectivity index is 1.29. The smallest absolute Gasteiger partial charge is 0.253 e. The zero-order chi connectivity index (χ0) is 23.3. The molecule has 8 nitrogen and oxygen atoms in total. The summed E-state index contributed by atoms with van der Waals surface area (Å²) in [6.45, 7) is 4.44. The van der Waals surface area contributed by atoms with Gasteiger partial charge in [-0.3, -0.25) is 9.69 Å². The van der Waals surface area contributed by atoms with Crippen molar-refractivity contribution in [3.63, 3.8) is 0 Å². The van der Waals surface area contributed by atoms with E-state index in [0.29, 0.717) is 30.8 Å². The summed E-state index contributed by atoms with van der Waals surface area (Å²) in [7, 11) is -3.64. The zero-order valence-corrected chi connectivity index (χ0v) is 19.3. The number of nitriles is 1. The molecule has 2 fully saturated rings. The van der Waals surface area contributed by atoms with Crippen LogP contribution in [0.4, 0.5) is 0 Å². The Morgan fingerprint density at radius 1 is 1.06 bits per heavy atom. The summed E-state index contributed by atoms with van der Waals surface area (Å²) < 4.78 is 33.1. The second-order valence-electron chi connectivity index (χ2n) is 8.39. The van der Waals surface area contributed by atoms with Crippen LogP contribution in [0.15, 0.2) is 53.4 Å². The Kier molecular flexibility index (Phi) is 7.40. The quantitative estimate of drug-likeness (QED) is 0.667. The maximum atomic E-state index is 12.9. The second-order valence-corrected chi connectivity index (χ2v) is 10.2. The second kappa shape index (κ2) is 10.4. The molecule has 2 aromatic rings. The normalized spacial score (nSPS) is 19.4. The van der Waals surface area contributed by atoms with E-state index in [2.05, 4.69) is 15.7 Å². The van der Waals surface area contributed by atoms with Crippen LogP contribution in [-0.2, 0) is 21.3 Å². The molecule has 0 bridgehead atoms.